The molecule has 0 aliphatic rings. The van der Waals surface area contributed by atoms with E-state index in [0.29, 0.717) is 0 Å². The minimum Gasteiger partial charge on any atom is -0.368 e. The first-order chi connectivity index (χ1) is 10.2. The van der Waals surface area contributed by atoms with Crippen molar-refractivity contribution in [2.75, 3.05) is 13.1 Å². The second-order valence-electron chi connectivity index (χ2n) is 4.59. The summed E-state index contributed by atoms with van der Waals surface area (Å²) in [5.41, 5.74) is 6.14. The summed E-state index contributed by atoms with van der Waals surface area (Å²) < 4.78 is 0. The number of primary amides is 1. The van der Waals surface area contributed by atoms with Crippen LogP contribution in [0.15, 0.2) is 47.8 Å². The van der Waals surface area contributed by atoms with E-state index in [2.05, 4.69) is 11.4 Å². The first kappa shape index (κ1) is 15.2. The molecule has 2 rings (SSSR count). The van der Waals surface area contributed by atoms with E-state index in [-0.39, 0.29) is 25.0 Å². The molecule has 0 unspecified atom stereocenters. The first-order valence-electron chi connectivity index (χ1n) is 6.63. The molecule has 21 heavy (non-hydrogen) atoms. The second-order valence-corrected chi connectivity index (χ2v) is 5.57. The zero-order valence-corrected chi connectivity index (χ0v) is 12.3. The zero-order valence-electron chi connectivity index (χ0n) is 11.5. The molecule has 0 saturated heterocycles. The number of nitrogens with two attached hydrogens (primary N) is 2. The highest BCUT2D eigenvalue weighted by Crippen LogP contribution is 2.22. The largest absolute Gasteiger partial charge is 0.368 e. The summed E-state index contributed by atoms with van der Waals surface area (Å²) in [6, 6.07) is 14.1. The van der Waals surface area contributed by atoms with Gasteiger partial charge in [0.2, 0.25) is 5.91 Å². The van der Waals surface area contributed by atoms with Crippen molar-refractivity contribution in [3.05, 3.63) is 58.3 Å². The molecule has 2 aromatic rings. The number of carbonyl (C=O) groups excluding carboxylic acids is 2. The average Bonchev–Trinajstić information content (AvgIpc) is 3.00. The van der Waals surface area contributed by atoms with Gasteiger partial charge in [0.25, 0.3) is 5.91 Å². The Kier molecular flexibility index (Phi) is 5.48. The van der Waals surface area contributed by atoms with Crippen molar-refractivity contribution in [2.45, 2.75) is 6.04 Å². The van der Waals surface area contributed by atoms with Gasteiger partial charge >= 0.3 is 0 Å². The Morgan fingerprint density at radius 1 is 1.19 bits per heavy atom. The molecule has 0 bridgehead atoms. The highest BCUT2D eigenvalue weighted by molar-refractivity contribution is 7.10. The molecule has 110 valence electrons. The number of nitrogens with one attached hydrogen (secondary N) is 1. The van der Waals surface area contributed by atoms with E-state index in [1.165, 1.54) is 4.88 Å². The Balaban J connectivity index is 2.01. The van der Waals surface area contributed by atoms with Gasteiger partial charge in [-0.2, -0.15) is 0 Å². The first-order valence-corrected chi connectivity index (χ1v) is 7.51. The molecule has 1 heterocycles. The summed E-state index contributed by atoms with van der Waals surface area (Å²) >= 11 is 1.66. The van der Waals surface area contributed by atoms with E-state index < -0.39 is 5.91 Å². The van der Waals surface area contributed by atoms with Gasteiger partial charge < -0.3 is 16.4 Å². The van der Waals surface area contributed by atoms with Crippen molar-refractivity contribution in [3.8, 4) is 0 Å². The van der Waals surface area contributed by atoms with Gasteiger partial charge in [-0.3, -0.25) is 9.59 Å². The lowest BCUT2D eigenvalue weighted by Gasteiger charge is -2.14. The minimum absolute atomic E-state index is 0.0746. The van der Waals surface area contributed by atoms with Crippen LogP contribution in [0.2, 0.25) is 0 Å². The molecule has 1 aromatic heterocycles. The lowest BCUT2D eigenvalue weighted by atomic mass is 10.1. The topological polar surface area (TPSA) is 88.8 Å². The fraction of sp³-hybridized carbons (Fsp3) is 0.200. The molecule has 2 amide bonds. The third-order valence-corrected chi connectivity index (χ3v) is 3.96. The monoisotopic (exact) mass is 304 g/mol. The van der Waals surface area contributed by atoms with Gasteiger partial charge in [0, 0.05) is 5.56 Å². The Morgan fingerprint density at radius 2 is 1.95 bits per heavy atom. The normalized spacial score (nSPS) is 11.8. The van der Waals surface area contributed by atoms with Gasteiger partial charge in [0.15, 0.2) is 6.54 Å². The van der Waals surface area contributed by atoms with E-state index in [1.54, 1.807) is 11.3 Å². The number of amides is 2. The molecule has 0 radical (unpaired) electrons. The molecule has 0 aliphatic carbocycles. The Morgan fingerprint density at radius 3 is 2.57 bits per heavy atom. The summed E-state index contributed by atoms with van der Waals surface area (Å²) in [4.78, 5) is 23.5. The van der Waals surface area contributed by atoms with Gasteiger partial charge in [-0.25, -0.2) is 0 Å². The maximum atomic E-state index is 11.7. The van der Waals surface area contributed by atoms with E-state index >= 15 is 0 Å². The van der Waals surface area contributed by atoms with Crippen LogP contribution in [0.1, 0.15) is 16.5 Å². The summed E-state index contributed by atoms with van der Waals surface area (Å²) in [5, 5.41) is 6.47. The van der Waals surface area contributed by atoms with Gasteiger partial charge in [-0.15, -0.1) is 11.3 Å². The molecular formula is C15H18N3O2S+. The number of quaternary nitrogens is 1. The fourth-order valence-electron chi connectivity index (χ4n) is 2.03. The van der Waals surface area contributed by atoms with Gasteiger partial charge in [0.1, 0.15) is 6.04 Å². The van der Waals surface area contributed by atoms with Crippen LogP contribution in [0.4, 0.5) is 0 Å². The smallest absolute Gasteiger partial charge is 0.275 e. The standard InChI is InChI=1S/C15H17N3O2S/c16-13(19)9-17-14(20)10-18-15(12-7-4-8-21-12)11-5-2-1-3-6-11/h1-8,15,18H,9-10H2,(H2,16,19)(H,17,20)/p+1/t15-/m1/s1. The van der Waals surface area contributed by atoms with Crippen LogP contribution in [0.3, 0.4) is 0 Å². The molecule has 0 aliphatic heterocycles. The van der Waals surface area contributed by atoms with Gasteiger partial charge in [-0.1, -0.05) is 36.4 Å². The summed E-state index contributed by atoms with van der Waals surface area (Å²) in [6.45, 7) is 0.117. The molecular weight excluding hydrogens is 286 g/mol. The second kappa shape index (κ2) is 7.56. The Hall–Kier alpha value is -2.18. The van der Waals surface area contributed by atoms with Gasteiger partial charge in [-0.05, 0) is 11.4 Å². The summed E-state index contributed by atoms with van der Waals surface area (Å²) in [5.74, 6) is -0.743. The Labute approximate surface area is 127 Å². The SMILES string of the molecule is NC(=O)CNC(=O)C[NH2+][C@H](c1ccccc1)c1cccs1. The summed E-state index contributed by atoms with van der Waals surface area (Å²) in [6.07, 6.45) is 0. The molecule has 0 spiro atoms. The van der Waals surface area contributed by atoms with Crippen molar-refractivity contribution in [1.29, 1.82) is 0 Å². The van der Waals surface area contributed by atoms with Crippen LogP contribution in [-0.4, -0.2) is 24.9 Å². The van der Waals surface area contributed by atoms with Crippen LogP contribution in [0.25, 0.3) is 0 Å². The van der Waals surface area contributed by atoms with E-state index in [9.17, 15) is 9.59 Å². The van der Waals surface area contributed by atoms with Crippen molar-refractivity contribution in [3.63, 3.8) is 0 Å². The van der Waals surface area contributed by atoms with Crippen molar-refractivity contribution in [2.24, 2.45) is 5.73 Å². The predicted octanol–water partition coefficient (Wildman–Crippen LogP) is 0.00240. The lowest BCUT2D eigenvalue weighted by Crippen LogP contribution is -2.87. The fourth-order valence-corrected chi connectivity index (χ4v) is 2.88. The predicted molar refractivity (Wildman–Crippen MR) is 81.6 cm³/mol. The van der Waals surface area contributed by atoms with Crippen LogP contribution in [-0.2, 0) is 9.59 Å². The van der Waals surface area contributed by atoms with Crippen LogP contribution in [0, 0.1) is 0 Å². The van der Waals surface area contributed by atoms with E-state index in [0.717, 1.165) is 5.56 Å². The highest BCUT2D eigenvalue weighted by atomic mass is 32.1. The number of hydrogen-bond acceptors (Lipinski definition) is 3. The number of hydrogen-bond donors (Lipinski definition) is 3. The number of benzene rings is 1. The molecule has 0 saturated carbocycles. The molecule has 6 heteroatoms. The van der Waals surface area contributed by atoms with Crippen LogP contribution in [0.5, 0.6) is 0 Å². The van der Waals surface area contributed by atoms with Crippen LogP contribution >= 0.6 is 11.3 Å². The third kappa shape index (κ3) is 4.70. The maximum Gasteiger partial charge on any atom is 0.275 e. The quantitative estimate of drug-likeness (QED) is 0.672. The van der Waals surface area contributed by atoms with Crippen molar-refractivity contribution >= 4 is 23.2 Å². The van der Waals surface area contributed by atoms with Crippen LogP contribution < -0.4 is 16.4 Å². The molecule has 5 N–H and O–H groups in total. The van der Waals surface area contributed by atoms with E-state index in [4.69, 9.17) is 5.73 Å². The summed E-state index contributed by atoms with van der Waals surface area (Å²) in [7, 11) is 0. The molecule has 0 fully saturated rings. The molecule has 1 atom stereocenters. The average molecular weight is 304 g/mol. The van der Waals surface area contributed by atoms with Crippen molar-refractivity contribution in [1.82, 2.24) is 5.32 Å². The maximum absolute atomic E-state index is 11.7. The zero-order chi connectivity index (χ0) is 15.1. The van der Waals surface area contributed by atoms with E-state index in [1.807, 2.05) is 47.1 Å². The number of thiophene rings is 1. The highest BCUT2D eigenvalue weighted by Gasteiger charge is 2.19. The molecule has 5 nitrogen and oxygen atoms in total. The number of rotatable bonds is 7. The third-order valence-electron chi connectivity index (χ3n) is 3.01. The lowest BCUT2D eigenvalue weighted by molar-refractivity contribution is -0.676. The number of carbonyl (C=O) groups is 2. The Bertz CT molecular complexity index is 584. The molecule has 1 aromatic carbocycles. The van der Waals surface area contributed by atoms with Gasteiger partial charge in [0.05, 0.1) is 11.4 Å². The minimum atomic E-state index is -0.541. The van der Waals surface area contributed by atoms with Crippen molar-refractivity contribution < 1.29 is 14.9 Å².